The standard InChI is InChI=1S/C18H21N3O2/c1-12(2)20-17(22)15-9-16(11-19-10-15)18(23)21-13(3)14-7-5-4-6-8-14/h4-13H,1-3H3,(H,20,22)(H,21,23). The molecule has 2 rings (SSSR count). The Balaban J connectivity index is 2.09. The molecule has 5 nitrogen and oxygen atoms in total. The molecule has 23 heavy (non-hydrogen) atoms. The predicted octanol–water partition coefficient (Wildman–Crippen LogP) is 2.71. The molecule has 0 saturated heterocycles. The number of aromatic nitrogens is 1. The lowest BCUT2D eigenvalue weighted by Gasteiger charge is -2.14. The number of nitrogens with zero attached hydrogens (tertiary/aromatic N) is 1. The molecule has 0 fully saturated rings. The van der Waals surface area contributed by atoms with Crippen LogP contribution >= 0.6 is 0 Å². The maximum Gasteiger partial charge on any atom is 0.253 e. The van der Waals surface area contributed by atoms with Crippen molar-refractivity contribution in [3.8, 4) is 0 Å². The van der Waals surface area contributed by atoms with E-state index < -0.39 is 0 Å². The number of amides is 2. The molecule has 2 N–H and O–H groups in total. The van der Waals surface area contributed by atoms with Crippen LogP contribution in [0.3, 0.4) is 0 Å². The van der Waals surface area contributed by atoms with Gasteiger partial charge in [0.1, 0.15) is 0 Å². The number of carbonyl (C=O) groups excluding carboxylic acids is 2. The van der Waals surface area contributed by atoms with Gasteiger partial charge in [0.05, 0.1) is 17.2 Å². The Labute approximate surface area is 136 Å². The van der Waals surface area contributed by atoms with Crippen molar-refractivity contribution < 1.29 is 9.59 Å². The zero-order chi connectivity index (χ0) is 16.8. The number of pyridine rings is 1. The number of rotatable bonds is 5. The Bertz CT molecular complexity index is 684. The molecular formula is C18H21N3O2. The van der Waals surface area contributed by atoms with Crippen molar-refractivity contribution in [2.24, 2.45) is 0 Å². The van der Waals surface area contributed by atoms with Gasteiger partial charge in [0.15, 0.2) is 0 Å². The zero-order valence-electron chi connectivity index (χ0n) is 13.5. The van der Waals surface area contributed by atoms with Gasteiger partial charge in [-0.05, 0) is 32.4 Å². The third-order valence-electron chi connectivity index (χ3n) is 3.33. The Morgan fingerprint density at radius 3 is 2.04 bits per heavy atom. The van der Waals surface area contributed by atoms with Gasteiger partial charge in [0.25, 0.3) is 11.8 Å². The van der Waals surface area contributed by atoms with E-state index >= 15 is 0 Å². The van der Waals surface area contributed by atoms with Crippen molar-refractivity contribution in [2.75, 3.05) is 0 Å². The first-order valence-corrected chi connectivity index (χ1v) is 7.59. The molecular weight excluding hydrogens is 290 g/mol. The van der Waals surface area contributed by atoms with Crippen LogP contribution in [-0.2, 0) is 0 Å². The van der Waals surface area contributed by atoms with Crippen molar-refractivity contribution in [1.29, 1.82) is 0 Å². The van der Waals surface area contributed by atoms with E-state index in [1.165, 1.54) is 12.4 Å². The molecule has 1 aromatic carbocycles. The lowest BCUT2D eigenvalue weighted by Crippen LogP contribution is -2.31. The summed E-state index contributed by atoms with van der Waals surface area (Å²) < 4.78 is 0. The molecule has 0 aliphatic heterocycles. The Morgan fingerprint density at radius 2 is 1.48 bits per heavy atom. The molecule has 1 atom stereocenters. The first kappa shape index (κ1) is 16.7. The average Bonchev–Trinajstić information content (AvgIpc) is 2.55. The molecule has 5 heteroatoms. The lowest BCUT2D eigenvalue weighted by atomic mass is 10.1. The lowest BCUT2D eigenvalue weighted by molar-refractivity contribution is 0.0939. The maximum atomic E-state index is 12.3. The van der Waals surface area contributed by atoms with E-state index in [4.69, 9.17) is 0 Å². The molecule has 0 radical (unpaired) electrons. The van der Waals surface area contributed by atoms with E-state index in [-0.39, 0.29) is 23.9 Å². The minimum Gasteiger partial charge on any atom is -0.350 e. The van der Waals surface area contributed by atoms with Gasteiger partial charge in [-0.1, -0.05) is 30.3 Å². The van der Waals surface area contributed by atoms with Crippen LogP contribution in [-0.4, -0.2) is 22.8 Å². The van der Waals surface area contributed by atoms with Crippen LogP contribution in [0.25, 0.3) is 0 Å². The summed E-state index contributed by atoms with van der Waals surface area (Å²) in [5.41, 5.74) is 1.76. The fourth-order valence-corrected chi connectivity index (χ4v) is 2.14. The summed E-state index contributed by atoms with van der Waals surface area (Å²) in [6, 6.07) is 11.1. The molecule has 1 unspecified atom stereocenters. The fraction of sp³-hybridized carbons (Fsp3) is 0.278. The quantitative estimate of drug-likeness (QED) is 0.892. The van der Waals surface area contributed by atoms with E-state index in [0.717, 1.165) is 5.56 Å². The van der Waals surface area contributed by atoms with Gasteiger partial charge in [-0.15, -0.1) is 0 Å². The summed E-state index contributed by atoms with van der Waals surface area (Å²) >= 11 is 0. The van der Waals surface area contributed by atoms with Crippen LogP contribution < -0.4 is 10.6 Å². The summed E-state index contributed by atoms with van der Waals surface area (Å²) in [5.74, 6) is -0.494. The molecule has 0 aliphatic carbocycles. The van der Waals surface area contributed by atoms with E-state index in [0.29, 0.717) is 11.1 Å². The van der Waals surface area contributed by atoms with Crippen molar-refractivity contribution in [3.05, 3.63) is 65.5 Å². The van der Waals surface area contributed by atoms with Crippen molar-refractivity contribution in [1.82, 2.24) is 15.6 Å². The highest BCUT2D eigenvalue weighted by Crippen LogP contribution is 2.12. The predicted molar refractivity (Wildman–Crippen MR) is 89.2 cm³/mol. The van der Waals surface area contributed by atoms with Crippen LogP contribution in [0, 0.1) is 0 Å². The number of carbonyl (C=O) groups is 2. The number of hydrogen-bond donors (Lipinski definition) is 2. The van der Waals surface area contributed by atoms with Gasteiger partial charge in [-0.25, -0.2) is 0 Å². The monoisotopic (exact) mass is 311 g/mol. The Hall–Kier alpha value is -2.69. The molecule has 0 bridgehead atoms. The summed E-state index contributed by atoms with van der Waals surface area (Å²) in [6.07, 6.45) is 2.91. The van der Waals surface area contributed by atoms with E-state index in [9.17, 15) is 9.59 Å². The summed E-state index contributed by atoms with van der Waals surface area (Å²) in [4.78, 5) is 28.3. The third-order valence-corrected chi connectivity index (χ3v) is 3.33. The van der Waals surface area contributed by atoms with Gasteiger partial charge in [-0.3, -0.25) is 14.6 Å². The highest BCUT2D eigenvalue weighted by Gasteiger charge is 2.14. The van der Waals surface area contributed by atoms with Gasteiger partial charge < -0.3 is 10.6 Å². The van der Waals surface area contributed by atoms with Gasteiger partial charge in [0.2, 0.25) is 0 Å². The number of nitrogens with one attached hydrogen (secondary N) is 2. The summed E-state index contributed by atoms with van der Waals surface area (Å²) in [5, 5.41) is 5.69. The summed E-state index contributed by atoms with van der Waals surface area (Å²) in [7, 11) is 0. The highest BCUT2D eigenvalue weighted by molar-refractivity contribution is 5.99. The second-order valence-corrected chi connectivity index (χ2v) is 5.70. The third kappa shape index (κ3) is 4.64. The van der Waals surface area contributed by atoms with Crippen molar-refractivity contribution >= 4 is 11.8 Å². The van der Waals surface area contributed by atoms with Crippen LogP contribution in [0.5, 0.6) is 0 Å². The van der Waals surface area contributed by atoms with Gasteiger partial charge in [0, 0.05) is 18.4 Å². The second-order valence-electron chi connectivity index (χ2n) is 5.70. The zero-order valence-corrected chi connectivity index (χ0v) is 13.5. The number of hydrogen-bond acceptors (Lipinski definition) is 3. The first-order valence-electron chi connectivity index (χ1n) is 7.59. The fourth-order valence-electron chi connectivity index (χ4n) is 2.14. The van der Waals surface area contributed by atoms with Crippen LogP contribution in [0.2, 0.25) is 0 Å². The minimum absolute atomic E-state index is 0.0260. The van der Waals surface area contributed by atoms with Crippen LogP contribution in [0.4, 0.5) is 0 Å². The summed E-state index contributed by atoms with van der Waals surface area (Å²) in [6.45, 7) is 5.67. The SMILES string of the molecule is CC(C)NC(=O)c1cncc(C(=O)NC(C)c2ccccc2)c1. The van der Waals surface area contributed by atoms with E-state index in [1.54, 1.807) is 6.07 Å². The van der Waals surface area contributed by atoms with Crippen LogP contribution in [0.1, 0.15) is 53.1 Å². The van der Waals surface area contributed by atoms with Gasteiger partial charge in [-0.2, -0.15) is 0 Å². The maximum absolute atomic E-state index is 12.3. The Kier molecular flexibility index (Phi) is 5.46. The number of benzene rings is 1. The molecule has 1 heterocycles. The first-order chi connectivity index (χ1) is 11.0. The van der Waals surface area contributed by atoms with Crippen LogP contribution in [0.15, 0.2) is 48.8 Å². The van der Waals surface area contributed by atoms with E-state index in [1.807, 2.05) is 51.1 Å². The highest BCUT2D eigenvalue weighted by atomic mass is 16.2. The van der Waals surface area contributed by atoms with Gasteiger partial charge >= 0.3 is 0 Å². The smallest absolute Gasteiger partial charge is 0.253 e. The Morgan fingerprint density at radius 1 is 0.913 bits per heavy atom. The molecule has 1 aromatic heterocycles. The minimum atomic E-state index is -0.256. The molecule has 2 aromatic rings. The van der Waals surface area contributed by atoms with E-state index in [2.05, 4.69) is 15.6 Å². The van der Waals surface area contributed by atoms with Crippen molar-refractivity contribution in [2.45, 2.75) is 32.9 Å². The molecule has 0 saturated carbocycles. The van der Waals surface area contributed by atoms with Crippen molar-refractivity contribution in [3.63, 3.8) is 0 Å². The molecule has 2 amide bonds. The topological polar surface area (TPSA) is 71.1 Å². The molecule has 0 aliphatic rings. The molecule has 0 spiro atoms. The largest absolute Gasteiger partial charge is 0.350 e. The second kappa shape index (κ2) is 7.54. The molecule has 120 valence electrons. The average molecular weight is 311 g/mol. The normalized spacial score (nSPS) is 11.8.